The molecule has 9 nitrogen and oxygen atoms in total. The van der Waals surface area contributed by atoms with Gasteiger partial charge < -0.3 is 9.64 Å². The molecule has 1 aliphatic rings. The van der Waals surface area contributed by atoms with Gasteiger partial charge >= 0.3 is 6.09 Å². The van der Waals surface area contributed by atoms with Gasteiger partial charge in [-0.3, -0.25) is 4.55 Å². The van der Waals surface area contributed by atoms with Gasteiger partial charge in [0.25, 0.3) is 0 Å². The van der Waals surface area contributed by atoms with Crippen LogP contribution in [0.2, 0.25) is 0 Å². The fraction of sp³-hybridized carbons (Fsp3) is 0.550. The van der Waals surface area contributed by atoms with E-state index in [1.807, 2.05) is 27.7 Å². The Morgan fingerprint density at radius 3 is 2.48 bits per heavy atom. The maximum absolute atomic E-state index is 13.2. The molecular weight excluding hydrogens is 425 g/mol. The Morgan fingerprint density at radius 2 is 2.00 bits per heavy atom. The number of amides is 1. The SMILES string of the molecule is CC(c1ccc(-n2cc(F)cn2)nc1)N(C1CCN(C(=O)OC(C)(C)C)CC1)S(=O)O. The molecule has 2 aromatic rings. The molecule has 1 amide bonds. The van der Waals surface area contributed by atoms with Crippen molar-refractivity contribution in [1.29, 1.82) is 0 Å². The topological polar surface area (TPSA) is 101 Å². The molecule has 1 fully saturated rings. The first-order chi connectivity index (χ1) is 14.5. The Balaban J connectivity index is 1.67. The molecule has 11 heteroatoms. The number of hydrogen-bond acceptors (Lipinski definition) is 5. The lowest BCUT2D eigenvalue weighted by molar-refractivity contribution is 0.0169. The molecule has 0 bridgehead atoms. The molecule has 0 spiro atoms. The minimum absolute atomic E-state index is 0.181. The summed E-state index contributed by atoms with van der Waals surface area (Å²) in [5.41, 5.74) is 0.177. The molecule has 0 aliphatic carbocycles. The molecule has 2 unspecified atom stereocenters. The van der Waals surface area contributed by atoms with Gasteiger partial charge in [-0.1, -0.05) is 6.07 Å². The third-order valence-corrected chi connectivity index (χ3v) is 6.05. The van der Waals surface area contributed by atoms with Gasteiger partial charge in [0.2, 0.25) is 11.3 Å². The average molecular weight is 454 g/mol. The third kappa shape index (κ3) is 5.86. The number of aromatic nitrogens is 3. The molecule has 0 radical (unpaired) electrons. The first-order valence-electron chi connectivity index (χ1n) is 10.1. The molecule has 170 valence electrons. The van der Waals surface area contributed by atoms with E-state index >= 15 is 0 Å². The van der Waals surface area contributed by atoms with Gasteiger partial charge in [0.15, 0.2) is 11.6 Å². The highest BCUT2D eigenvalue weighted by Crippen LogP contribution is 2.29. The van der Waals surface area contributed by atoms with E-state index in [-0.39, 0.29) is 18.2 Å². The second-order valence-corrected chi connectivity index (χ2v) is 9.40. The van der Waals surface area contributed by atoms with E-state index in [1.54, 1.807) is 23.2 Å². The van der Waals surface area contributed by atoms with E-state index in [0.29, 0.717) is 31.7 Å². The molecule has 3 heterocycles. The lowest BCUT2D eigenvalue weighted by Crippen LogP contribution is -2.48. The lowest BCUT2D eigenvalue weighted by Gasteiger charge is -2.39. The quantitative estimate of drug-likeness (QED) is 0.697. The Morgan fingerprint density at radius 1 is 1.32 bits per heavy atom. The zero-order valence-electron chi connectivity index (χ0n) is 18.1. The summed E-state index contributed by atoms with van der Waals surface area (Å²) in [5, 5.41) is 3.88. The van der Waals surface area contributed by atoms with Crippen LogP contribution in [0.1, 0.15) is 52.1 Å². The number of rotatable bonds is 5. The molecule has 2 atom stereocenters. The Labute approximate surface area is 183 Å². The molecule has 31 heavy (non-hydrogen) atoms. The van der Waals surface area contributed by atoms with Crippen LogP contribution in [0.3, 0.4) is 0 Å². The normalized spacial score (nSPS) is 17.6. The van der Waals surface area contributed by atoms with E-state index in [9.17, 15) is 17.9 Å². The summed E-state index contributed by atoms with van der Waals surface area (Å²) in [6.07, 6.45) is 4.64. The van der Waals surface area contributed by atoms with Crippen molar-refractivity contribution >= 4 is 17.4 Å². The van der Waals surface area contributed by atoms with Crippen molar-refractivity contribution in [1.82, 2.24) is 24.0 Å². The van der Waals surface area contributed by atoms with Crippen molar-refractivity contribution in [2.24, 2.45) is 0 Å². The standard InChI is InChI=1S/C20H28FN5O4S/c1-14(15-5-6-18(22-11-15)25-13-16(21)12-23-25)26(31(28)29)17-7-9-24(10-8-17)19(27)30-20(2,3)4/h5-6,11-14,17H,7-10H2,1-4H3,(H,28,29). The highest BCUT2D eigenvalue weighted by Gasteiger charge is 2.34. The zero-order valence-corrected chi connectivity index (χ0v) is 18.9. The number of ether oxygens (including phenoxy) is 1. The highest BCUT2D eigenvalue weighted by atomic mass is 32.2. The summed E-state index contributed by atoms with van der Waals surface area (Å²) in [4.78, 5) is 18.2. The molecule has 0 saturated carbocycles. The molecule has 1 N–H and O–H groups in total. The molecule has 0 aromatic carbocycles. The number of carbonyl (C=O) groups excluding carboxylic acids is 1. The fourth-order valence-corrected chi connectivity index (χ4v) is 4.42. The van der Waals surface area contributed by atoms with Crippen LogP contribution in [0.5, 0.6) is 0 Å². The number of halogens is 1. The summed E-state index contributed by atoms with van der Waals surface area (Å²) >= 11 is -2.20. The number of pyridine rings is 1. The van der Waals surface area contributed by atoms with Gasteiger partial charge in [-0.15, -0.1) is 0 Å². The molecule has 1 aliphatic heterocycles. The van der Waals surface area contributed by atoms with Gasteiger partial charge in [0.05, 0.1) is 12.4 Å². The number of likely N-dealkylation sites (tertiary alicyclic amines) is 1. The van der Waals surface area contributed by atoms with Crippen molar-refractivity contribution in [3.05, 3.63) is 42.1 Å². The second kappa shape index (κ2) is 9.41. The number of carbonyl (C=O) groups is 1. The summed E-state index contributed by atoms with van der Waals surface area (Å²) in [6.45, 7) is 8.18. The molecule has 3 rings (SSSR count). The van der Waals surface area contributed by atoms with E-state index in [1.165, 1.54) is 15.2 Å². The van der Waals surface area contributed by atoms with Crippen molar-refractivity contribution in [3.8, 4) is 5.82 Å². The second-order valence-electron chi connectivity index (χ2n) is 8.52. The van der Waals surface area contributed by atoms with Crippen LogP contribution in [-0.4, -0.2) is 63.6 Å². The maximum Gasteiger partial charge on any atom is 0.410 e. The Hall–Kier alpha value is -2.37. The van der Waals surface area contributed by atoms with Crippen LogP contribution >= 0.6 is 0 Å². The first kappa shape index (κ1) is 23.3. The Bertz CT molecular complexity index is 922. The van der Waals surface area contributed by atoms with Crippen LogP contribution in [0.25, 0.3) is 5.82 Å². The van der Waals surface area contributed by atoms with Crippen LogP contribution in [-0.2, 0) is 16.0 Å². The number of nitrogens with zero attached hydrogens (tertiary/aromatic N) is 5. The number of piperidine rings is 1. The average Bonchev–Trinajstić information content (AvgIpc) is 3.13. The predicted octanol–water partition coefficient (Wildman–Crippen LogP) is 3.31. The van der Waals surface area contributed by atoms with Crippen LogP contribution in [0, 0.1) is 5.82 Å². The van der Waals surface area contributed by atoms with E-state index in [4.69, 9.17) is 4.74 Å². The van der Waals surface area contributed by atoms with Crippen LogP contribution in [0.4, 0.5) is 9.18 Å². The molecular formula is C20H28FN5O4S. The van der Waals surface area contributed by atoms with Gasteiger partial charge in [-0.25, -0.2) is 23.1 Å². The monoisotopic (exact) mass is 453 g/mol. The van der Waals surface area contributed by atoms with Crippen LogP contribution in [0.15, 0.2) is 30.7 Å². The van der Waals surface area contributed by atoms with Crippen molar-refractivity contribution in [2.45, 2.75) is 58.2 Å². The summed E-state index contributed by atoms with van der Waals surface area (Å²) in [5.74, 6) is -0.0130. The van der Waals surface area contributed by atoms with Crippen LogP contribution < -0.4 is 0 Å². The van der Waals surface area contributed by atoms with Gasteiger partial charge in [0, 0.05) is 31.4 Å². The third-order valence-electron chi connectivity index (χ3n) is 5.08. The largest absolute Gasteiger partial charge is 0.444 e. The fourth-order valence-electron chi connectivity index (χ4n) is 3.56. The van der Waals surface area contributed by atoms with Crippen molar-refractivity contribution < 1.29 is 22.7 Å². The van der Waals surface area contributed by atoms with E-state index in [0.717, 1.165) is 11.8 Å². The van der Waals surface area contributed by atoms with E-state index in [2.05, 4.69) is 10.1 Å². The summed E-state index contributed by atoms with van der Waals surface area (Å²) < 4.78 is 43.6. The maximum atomic E-state index is 13.2. The summed E-state index contributed by atoms with van der Waals surface area (Å²) in [7, 11) is 0. The predicted molar refractivity (Wildman–Crippen MR) is 113 cm³/mol. The van der Waals surface area contributed by atoms with Gasteiger partial charge in [-0.2, -0.15) is 9.40 Å². The summed E-state index contributed by atoms with van der Waals surface area (Å²) in [6, 6.07) is 2.89. The van der Waals surface area contributed by atoms with Crippen molar-refractivity contribution in [2.75, 3.05) is 13.1 Å². The Kier molecular flexibility index (Phi) is 7.07. The van der Waals surface area contributed by atoms with Crippen molar-refractivity contribution in [3.63, 3.8) is 0 Å². The highest BCUT2D eigenvalue weighted by molar-refractivity contribution is 7.76. The van der Waals surface area contributed by atoms with Gasteiger partial charge in [0.1, 0.15) is 5.60 Å². The van der Waals surface area contributed by atoms with E-state index < -0.39 is 22.7 Å². The zero-order chi connectivity index (χ0) is 22.8. The minimum atomic E-state index is -2.20. The minimum Gasteiger partial charge on any atom is -0.444 e. The molecule has 2 aromatic heterocycles. The van der Waals surface area contributed by atoms with Gasteiger partial charge in [-0.05, 0) is 52.2 Å². The first-order valence-corrected chi connectivity index (χ1v) is 11.2. The lowest BCUT2D eigenvalue weighted by atomic mass is 10.0. The smallest absolute Gasteiger partial charge is 0.410 e. The molecule has 1 saturated heterocycles. The number of hydrogen-bond donors (Lipinski definition) is 1.